The molecule has 0 aliphatic carbocycles. The highest BCUT2D eigenvalue weighted by atomic mass is 16.3. The third-order valence-electron chi connectivity index (χ3n) is 6.68. The first-order valence-corrected chi connectivity index (χ1v) is 12.5. The molecule has 1 atom stereocenters. The summed E-state index contributed by atoms with van der Waals surface area (Å²) in [5.41, 5.74) is 5.28. The Hall–Kier alpha value is -3.48. The zero-order valence-electron chi connectivity index (χ0n) is 21.8. The molecule has 0 saturated carbocycles. The quantitative estimate of drug-likeness (QED) is 0.395. The lowest BCUT2D eigenvalue weighted by Gasteiger charge is -2.21. The maximum atomic E-state index is 10.0. The lowest BCUT2D eigenvalue weighted by atomic mass is 9.83. The van der Waals surface area contributed by atoms with Crippen molar-refractivity contribution in [3.8, 4) is 17.3 Å². The predicted octanol–water partition coefficient (Wildman–Crippen LogP) is 3.78. The maximum absolute atomic E-state index is 10.0. The molecular weight excluding hydrogens is 452 g/mol. The number of nitrogens with one attached hydrogen (secondary N) is 2. The average molecular weight is 489 g/mol. The van der Waals surface area contributed by atoms with Crippen LogP contribution in [0.1, 0.15) is 44.0 Å². The lowest BCUT2D eigenvalue weighted by molar-refractivity contribution is 0.219. The second-order valence-electron chi connectivity index (χ2n) is 10.5. The Morgan fingerprint density at radius 3 is 2.83 bits per heavy atom. The Balaban J connectivity index is 1.65. The Labute approximate surface area is 213 Å². The molecule has 0 spiro atoms. The summed E-state index contributed by atoms with van der Waals surface area (Å²) in [7, 11) is 4.11. The minimum Gasteiger partial charge on any atom is -0.395 e. The lowest BCUT2D eigenvalue weighted by Crippen LogP contribution is -2.28. The van der Waals surface area contributed by atoms with E-state index in [9.17, 15) is 10.4 Å². The number of fused-ring (bicyclic) bond motifs is 1. The number of rotatable bonds is 10. The van der Waals surface area contributed by atoms with Crippen LogP contribution in [0.4, 0.5) is 17.3 Å². The third kappa shape index (κ3) is 5.50. The Bertz CT molecular complexity index is 1260. The Morgan fingerprint density at radius 2 is 2.14 bits per heavy atom. The van der Waals surface area contributed by atoms with E-state index in [0.29, 0.717) is 29.7 Å². The van der Waals surface area contributed by atoms with Gasteiger partial charge in [0.05, 0.1) is 41.5 Å². The second kappa shape index (κ2) is 10.6. The van der Waals surface area contributed by atoms with Crippen molar-refractivity contribution in [2.45, 2.75) is 45.6 Å². The molecular formula is C27H36N8O. The van der Waals surface area contributed by atoms with Gasteiger partial charge in [0.1, 0.15) is 6.07 Å². The van der Waals surface area contributed by atoms with Crippen LogP contribution in [-0.2, 0) is 18.4 Å². The van der Waals surface area contributed by atoms with Crippen molar-refractivity contribution in [2.75, 3.05) is 44.4 Å². The molecule has 2 aromatic heterocycles. The summed E-state index contributed by atoms with van der Waals surface area (Å²) >= 11 is 0. The van der Waals surface area contributed by atoms with Gasteiger partial charge in [-0.1, -0.05) is 20.8 Å². The molecule has 0 radical (unpaired) electrons. The van der Waals surface area contributed by atoms with Crippen molar-refractivity contribution >= 4 is 17.3 Å². The fourth-order valence-corrected chi connectivity index (χ4v) is 4.36. The van der Waals surface area contributed by atoms with Crippen LogP contribution in [0.3, 0.4) is 0 Å². The molecule has 0 unspecified atom stereocenters. The molecule has 1 aliphatic rings. The van der Waals surface area contributed by atoms with E-state index in [4.69, 9.17) is 10.1 Å². The minimum atomic E-state index is -0.447. The molecule has 3 N–H and O–H groups in total. The van der Waals surface area contributed by atoms with Crippen LogP contribution in [0.5, 0.6) is 0 Å². The Kier molecular flexibility index (Phi) is 7.57. The van der Waals surface area contributed by atoms with Gasteiger partial charge in [0.15, 0.2) is 0 Å². The maximum Gasteiger partial charge on any atom is 0.227 e. The number of benzene rings is 1. The monoisotopic (exact) mass is 488 g/mol. The highest BCUT2D eigenvalue weighted by Crippen LogP contribution is 2.41. The summed E-state index contributed by atoms with van der Waals surface area (Å²) in [6.07, 6.45) is 5.66. The average Bonchev–Trinajstić information content (AvgIpc) is 3.41. The van der Waals surface area contributed by atoms with Crippen LogP contribution in [0, 0.1) is 17.2 Å². The van der Waals surface area contributed by atoms with Crippen molar-refractivity contribution < 1.29 is 5.11 Å². The number of aliphatic hydroxyl groups is 1. The van der Waals surface area contributed by atoms with Crippen LogP contribution in [0.15, 0.2) is 30.6 Å². The molecule has 1 aliphatic heterocycles. The summed E-state index contributed by atoms with van der Waals surface area (Å²) in [6, 6.07) is 7.99. The van der Waals surface area contributed by atoms with Gasteiger partial charge in [0, 0.05) is 36.5 Å². The third-order valence-corrected chi connectivity index (χ3v) is 6.68. The molecule has 190 valence electrons. The van der Waals surface area contributed by atoms with Crippen LogP contribution >= 0.6 is 0 Å². The first kappa shape index (κ1) is 25.6. The van der Waals surface area contributed by atoms with Gasteiger partial charge in [0.25, 0.3) is 0 Å². The van der Waals surface area contributed by atoms with Gasteiger partial charge in [0.2, 0.25) is 5.95 Å². The summed E-state index contributed by atoms with van der Waals surface area (Å²) in [6.45, 7) is 8.71. The fourth-order valence-electron chi connectivity index (χ4n) is 4.36. The van der Waals surface area contributed by atoms with Crippen molar-refractivity contribution in [1.82, 2.24) is 24.6 Å². The number of hydrogen-bond donors (Lipinski definition) is 3. The van der Waals surface area contributed by atoms with Gasteiger partial charge in [-0.15, -0.1) is 0 Å². The second-order valence-corrected chi connectivity index (χ2v) is 10.5. The van der Waals surface area contributed by atoms with E-state index in [1.54, 1.807) is 6.20 Å². The first-order valence-electron chi connectivity index (χ1n) is 12.5. The Morgan fingerprint density at radius 1 is 1.33 bits per heavy atom. The SMILES string of the molecule is CC(C)CCc1nn(CCN(C)C)cc1Nc1nccc(-c2cc(C#N)c3c(c2)[C@@](C)(CO)CN3)n1. The minimum absolute atomic E-state index is 0.00509. The van der Waals surface area contributed by atoms with Gasteiger partial charge >= 0.3 is 0 Å². The smallest absolute Gasteiger partial charge is 0.227 e. The summed E-state index contributed by atoms with van der Waals surface area (Å²) in [5.74, 6) is 1.06. The van der Waals surface area contributed by atoms with E-state index >= 15 is 0 Å². The fraction of sp³-hybridized carbons (Fsp3) is 0.481. The van der Waals surface area contributed by atoms with E-state index < -0.39 is 5.41 Å². The molecule has 4 rings (SSSR count). The normalized spacial score (nSPS) is 16.8. The van der Waals surface area contributed by atoms with Gasteiger partial charge in [-0.3, -0.25) is 4.68 Å². The molecule has 1 aromatic carbocycles. The van der Waals surface area contributed by atoms with E-state index in [-0.39, 0.29) is 6.61 Å². The standard InChI is InChI=1S/C27H36N8O/c1-18(2)6-7-23-24(15-35(33-23)11-10-34(4)5)32-26-29-9-8-22(31-26)19-12-20(14-28)25-21(13-19)27(3,17-36)16-30-25/h8-9,12-13,15,18,30,36H,6-7,10-11,16-17H2,1-5H3,(H,29,31,32)/t27-/m1/s1. The van der Waals surface area contributed by atoms with Crippen LogP contribution in [-0.4, -0.2) is 63.5 Å². The van der Waals surface area contributed by atoms with Gasteiger partial charge in [-0.25, -0.2) is 9.97 Å². The molecule has 0 saturated heterocycles. The van der Waals surface area contributed by atoms with Crippen LogP contribution in [0.2, 0.25) is 0 Å². The van der Waals surface area contributed by atoms with Crippen molar-refractivity contribution in [1.29, 1.82) is 5.26 Å². The topological polar surface area (TPSA) is 115 Å². The number of anilines is 3. The molecule has 3 heterocycles. The molecule has 9 nitrogen and oxygen atoms in total. The summed E-state index contributed by atoms with van der Waals surface area (Å²) < 4.78 is 1.98. The zero-order chi connectivity index (χ0) is 25.9. The molecule has 0 bridgehead atoms. The molecule has 0 fully saturated rings. The highest BCUT2D eigenvalue weighted by Gasteiger charge is 2.36. The summed E-state index contributed by atoms with van der Waals surface area (Å²) in [5, 5.41) is 31.3. The largest absolute Gasteiger partial charge is 0.395 e. The van der Waals surface area contributed by atoms with Crippen molar-refractivity contribution in [2.24, 2.45) is 5.92 Å². The van der Waals surface area contributed by atoms with E-state index in [1.165, 1.54) is 0 Å². The van der Waals surface area contributed by atoms with Crippen LogP contribution in [0.25, 0.3) is 11.3 Å². The van der Waals surface area contributed by atoms with Gasteiger partial charge in [-0.05, 0) is 56.6 Å². The first-order chi connectivity index (χ1) is 17.2. The van der Waals surface area contributed by atoms with Crippen molar-refractivity contribution in [3.63, 3.8) is 0 Å². The van der Waals surface area contributed by atoms with Crippen molar-refractivity contribution in [3.05, 3.63) is 47.4 Å². The van der Waals surface area contributed by atoms with Gasteiger partial charge < -0.3 is 20.6 Å². The zero-order valence-corrected chi connectivity index (χ0v) is 21.8. The number of nitrogens with zero attached hydrogens (tertiary/aromatic N) is 6. The number of aromatic nitrogens is 4. The number of nitriles is 1. The molecule has 9 heteroatoms. The van der Waals surface area contributed by atoms with E-state index in [2.05, 4.69) is 54.5 Å². The number of aryl methyl sites for hydroxylation is 1. The predicted molar refractivity (Wildman–Crippen MR) is 142 cm³/mol. The van der Waals surface area contributed by atoms with E-state index in [1.807, 2.05) is 36.0 Å². The van der Waals surface area contributed by atoms with E-state index in [0.717, 1.165) is 54.1 Å². The molecule has 3 aromatic rings. The summed E-state index contributed by atoms with van der Waals surface area (Å²) in [4.78, 5) is 11.4. The number of aliphatic hydroxyl groups excluding tert-OH is 1. The number of likely N-dealkylation sites (N-methyl/N-ethyl adjacent to an activating group) is 1. The highest BCUT2D eigenvalue weighted by molar-refractivity contribution is 5.76. The van der Waals surface area contributed by atoms with Gasteiger partial charge in [-0.2, -0.15) is 10.4 Å². The van der Waals surface area contributed by atoms with Crippen LogP contribution < -0.4 is 10.6 Å². The molecule has 36 heavy (non-hydrogen) atoms. The number of hydrogen-bond acceptors (Lipinski definition) is 8. The molecule has 0 amide bonds.